The van der Waals surface area contributed by atoms with E-state index in [1.165, 1.54) is 0 Å². The number of nitrogens with two attached hydrogens (primary N) is 5. The summed E-state index contributed by atoms with van der Waals surface area (Å²) in [6.45, 7) is -0.690. The zero-order valence-electron chi connectivity index (χ0n) is 24.4. The molecule has 2 aliphatic heterocycles. The van der Waals surface area contributed by atoms with Crippen molar-refractivity contribution in [3.05, 3.63) is 0 Å². The van der Waals surface area contributed by atoms with Crippen molar-refractivity contribution in [2.75, 3.05) is 32.8 Å². The van der Waals surface area contributed by atoms with E-state index in [0.717, 1.165) is 0 Å². The Morgan fingerprint density at radius 1 is 0.909 bits per heavy atom. The quantitative estimate of drug-likeness (QED) is 0.0887. The highest BCUT2D eigenvalue weighted by molar-refractivity contribution is 5.81. The van der Waals surface area contributed by atoms with E-state index in [0.29, 0.717) is 6.42 Å². The predicted molar refractivity (Wildman–Crippen MR) is 151 cm³/mol. The van der Waals surface area contributed by atoms with Crippen LogP contribution in [0.4, 0.5) is 0 Å². The third-order valence-electron chi connectivity index (χ3n) is 8.67. The average molecular weight is 642 g/mol. The van der Waals surface area contributed by atoms with Crippen molar-refractivity contribution in [1.82, 2.24) is 10.6 Å². The van der Waals surface area contributed by atoms with Gasteiger partial charge in [-0.2, -0.15) is 0 Å². The van der Waals surface area contributed by atoms with Gasteiger partial charge in [-0.1, -0.05) is 0 Å². The fourth-order valence-corrected chi connectivity index (χ4v) is 6.04. The third-order valence-corrected chi connectivity index (χ3v) is 8.67. The molecule has 258 valence electrons. The zero-order valence-corrected chi connectivity index (χ0v) is 24.4. The van der Waals surface area contributed by atoms with E-state index in [-0.39, 0.29) is 26.1 Å². The molecule has 1 aliphatic carbocycles. The number of aliphatic hydroxyl groups excluding tert-OH is 8. The van der Waals surface area contributed by atoms with Crippen molar-refractivity contribution < 1.29 is 59.9 Å². The van der Waals surface area contributed by atoms with Crippen molar-refractivity contribution >= 4 is 5.91 Å². The Hall–Kier alpha value is -1.21. The smallest absolute Gasteiger partial charge is 0.250 e. The van der Waals surface area contributed by atoms with Crippen LogP contribution in [-0.4, -0.2) is 177 Å². The fraction of sp³-hybridized carbons (Fsp3) is 0.960. The molecule has 19 nitrogen and oxygen atoms in total. The second kappa shape index (κ2) is 16.6. The standard InChI is InChI=1S/C25H51N7O12/c26-2-1-8(34)5-31-6-12-18(37)20(39)16(30)23(42-12)14-9(28)3-10(32-24(41)11(35)4-27)22(19(14)38)44-25-21(40)15(29)17(36)13(7-33)43-25/h8-23,25,31,33-40H,1-7,26-30H2,(H,32,41)/t8?,9-,10+,11-,12+,13+,14?,15-,16+,17+,18+,19-,20+,21+,22-,23+,25+/m0/s1. The number of hydrogen-bond donors (Lipinski definition) is 15. The van der Waals surface area contributed by atoms with Gasteiger partial charge in [0, 0.05) is 31.6 Å². The van der Waals surface area contributed by atoms with Gasteiger partial charge in [0.05, 0.1) is 49.1 Å². The maximum atomic E-state index is 12.6. The van der Waals surface area contributed by atoms with Gasteiger partial charge in [0.25, 0.3) is 0 Å². The van der Waals surface area contributed by atoms with E-state index in [1.54, 1.807) is 0 Å². The van der Waals surface area contributed by atoms with Gasteiger partial charge in [-0.25, -0.2) is 0 Å². The minimum Gasteiger partial charge on any atom is -0.394 e. The molecule has 2 heterocycles. The van der Waals surface area contributed by atoms with Gasteiger partial charge in [-0.15, -0.1) is 0 Å². The molecular formula is C25H51N7O12. The number of carbonyl (C=O) groups excluding carboxylic acids is 1. The summed E-state index contributed by atoms with van der Waals surface area (Å²) in [5.74, 6) is -1.97. The SMILES string of the molecule is NCCC(O)CNC[C@H]1O[C@H](C2[C@@H](N)C[C@@H](NC(=O)[C@@H](O)CN)[C@H](O[C@H]3O[C@H](CO)[C@@H](O)[C@H](N)[C@H]3O)[C@H]2O)[C@H](N)[C@@H](O)[C@@H]1O. The first kappa shape index (κ1) is 37.2. The molecule has 2 saturated heterocycles. The molecule has 3 aliphatic rings. The molecular weight excluding hydrogens is 590 g/mol. The van der Waals surface area contributed by atoms with Crippen LogP contribution in [-0.2, 0) is 19.0 Å². The lowest BCUT2D eigenvalue weighted by Gasteiger charge is -2.52. The fourth-order valence-electron chi connectivity index (χ4n) is 6.04. The third kappa shape index (κ3) is 8.38. The highest BCUT2D eigenvalue weighted by Gasteiger charge is 2.55. The summed E-state index contributed by atoms with van der Waals surface area (Å²) in [5, 5.41) is 89.1. The maximum Gasteiger partial charge on any atom is 0.250 e. The summed E-state index contributed by atoms with van der Waals surface area (Å²) >= 11 is 0. The largest absolute Gasteiger partial charge is 0.394 e. The molecule has 3 rings (SSSR count). The van der Waals surface area contributed by atoms with E-state index < -0.39 is 123 Å². The molecule has 0 bridgehead atoms. The molecule has 0 aromatic carbocycles. The van der Waals surface area contributed by atoms with Crippen molar-refractivity contribution in [2.24, 2.45) is 34.6 Å². The van der Waals surface area contributed by atoms with E-state index in [1.807, 2.05) is 0 Å². The Morgan fingerprint density at radius 3 is 2.20 bits per heavy atom. The van der Waals surface area contributed by atoms with Crippen molar-refractivity contribution in [3.63, 3.8) is 0 Å². The second-order valence-electron chi connectivity index (χ2n) is 11.8. The van der Waals surface area contributed by atoms with Crippen LogP contribution in [0.1, 0.15) is 12.8 Å². The van der Waals surface area contributed by atoms with E-state index >= 15 is 0 Å². The first-order valence-corrected chi connectivity index (χ1v) is 14.8. The highest BCUT2D eigenvalue weighted by Crippen LogP contribution is 2.37. The molecule has 19 heteroatoms. The Morgan fingerprint density at radius 2 is 1.59 bits per heavy atom. The van der Waals surface area contributed by atoms with Crippen LogP contribution < -0.4 is 39.3 Å². The summed E-state index contributed by atoms with van der Waals surface area (Å²) in [4.78, 5) is 12.6. The highest BCUT2D eigenvalue weighted by atomic mass is 16.7. The number of rotatable bonds is 13. The van der Waals surface area contributed by atoms with Crippen LogP contribution in [0.25, 0.3) is 0 Å². The first-order valence-electron chi connectivity index (χ1n) is 14.8. The van der Waals surface area contributed by atoms with Crippen molar-refractivity contribution in [3.8, 4) is 0 Å². The predicted octanol–water partition coefficient (Wildman–Crippen LogP) is -9.23. The van der Waals surface area contributed by atoms with Crippen LogP contribution in [0.2, 0.25) is 0 Å². The lowest BCUT2D eigenvalue weighted by atomic mass is 9.71. The van der Waals surface area contributed by atoms with E-state index in [2.05, 4.69) is 10.6 Å². The number of hydrogen-bond acceptors (Lipinski definition) is 18. The molecule has 0 radical (unpaired) electrons. The molecule has 1 amide bonds. The van der Waals surface area contributed by atoms with E-state index in [4.69, 9.17) is 42.9 Å². The van der Waals surface area contributed by atoms with Crippen molar-refractivity contribution in [1.29, 1.82) is 0 Å². The topological polar surface area (TPSA) is 361 Å². The summed E-state index contributed by atoms with van der Waals surface area (Å²) in [5.41, 5.74) is 29.5. The molecule has 2 unspecified atom stereocenters. The van der Waals surface area contributed by atoms with Crippen LogP contribution >= 0.6 is 0 Å². The maximum absolute atomic E-state index is 12.6. The molecule has 0 aromatic heterocycles. The Kier molecular flexibility index (Phi) is 14.0. The molecule has 3 fully saturated rings. The number of ether oxygens (including phenoxy) is 3. The number of amides is 1. The summed E-state index contributed by atoms with van der Waals surface area (Å²) < 4.78 is 17.6. The molecule has 0 aromatic rings. The van der Waals surface area contributed by atoms with Crippen LogP contribution in [0.3, 0.4) is 0 Å². The minimum atomic E-state index is -1.63. The lowest BCUT2D eigenvalue weighted by Crippen LogP contribution is -2.72. The minimum absolute atomic E-state index is 0.0123. The second-order valence-corrected chi connectivity index (χ2v) is 11.8. The molecule has 0 spiro atoms. The van der Waals surface area contributed by atoms with Gasteiger partial charge in [-0.3, -0.25) is 4.79 Å². The number of nitrogens with one attached hydrogen (secondary N) is 2. The van der Waals surface area contributed by atoms with Gasteiger partial charge in [-0.05, 0) is 19.4 Å². The average Bonchev–Trinajstić information content (AvgIpc) is 2.99. The Labute approximate surface area is 254 Å². The molecule has 20 N–H and O–H groups in total. The monoisotopic (exact) mass is 641 g/mol. The van der Waals surface area contributed by atoms with Crippen LogP contribution in [0.5, 0.6) is 0 Å². The van der Waals surface area contributed by atoms with Gasteiger partial charge in [0.15, 0.2) is 6.29 Å². The van der Waals surface area contributed by atoms with Gasteiger partial charge < -0.3 is 94.4 Å². The van der Waals surface area contributed by atoms with Gasteiger partial charge >= 0.3 is 0 Å². The normalized spacial score (nSPS) is 44.6. The molecule has 44 heavy (non-hydrogen) atoms. The van der Waals surface area contributed by atoms with E-state index in [9.17, 15) is 45.6 Å². The van der Waals surface area contributed by atoms with Crippen LogP contribution in [0, 0.1) is 5.92 Å². The number of aliphatic hydroxyl groups is 8. The number of carbonyl (C=O) groups is 1. The summed E-state index contributed by atoms with van der Waals surface area (Å²) in [6, 6.07) is -4.58. The lowest BCUT2D eigenvalue weighted by molar-refractivity contribution is -0.307. The van der Waals surface area contributed by atoms with Crippen molar-refractivity contribution in [2.45, 2.75) is 110 Å². The summed E-state index contributed by atoms with van der Waals surface area (Å²) in [7, 11) is 0. The Balaban J connectivity index is 1.86. The van der Waals surface area contributed by atoms with Crippen LogP contribution in [0.15, 0.2) is 0 Å². The van der Waals surface area contributed by atoms with Gasteiger partial charge in [0.1, 0.15) is 42.7 Å². The van der Waals surface area contributed by atoms with Gasteiger partial charge in [0.2, 0.25) is 5.91 Å². The molecule has 1 saturated carbocycles. The zero-order chi connectivity index (χ0) is 32.9. The summed E-state index contributed by atoms with van der Waals surface area (Å²) in [6.07, 6.45) is -16.2. The molecule has 17 atom stereocenters. The Bertz CT molecular complexity index is 898. The first-order chi connectivity index (χ1) is 20.8.